The molecule has 1 heterocycles. The Morgan fingerprint density at radius 3 is 2.61 bits per heavy atom. The van der Waals surface area contributed by atoms with Gasteiger partial charge in [0.05, 0.1) is 4.92 Å². The van der Waals surface area contributed by atoms with Crippen LogP contribution in [-0.4, -0.2) is 36.9 Å². The van der Waals surface area contributed by atoms with E-state index in [-0.39, 0.29) is 46.4 Å². The average molecular weight is 537 g/mol. The second-order valence-corrected chi connectivity index (χ2v) is 7.30. The van der Waals surface area contributed by atoms with E-state index in [0.717, 1.165) is 42.6 Å². The third-order valence-corrected chi connectivity index (χ3v) is 5.18. The molecule has 2 aromatic rings. The minimum absolute atomic E-state index is 0. The molecule has 0 fully saturated rings. The van der Waals surface area contributed by atoms with Crippen LogP contribution >= 0.6 is 24.0 Å². The fourth-order valence-corrected chi connectivity index (χ4v) is 3.57. The average Bonchev–Trinajstić information content (AvgIpc) is 2.75. The molecule has 0 aromatic heterocycles. The number of amides is 1. The number of carbonyl (C=O) groups excluding carboxylic acids is 1. The van der Waals surface area contributed by atoms with Crippen molar-refractivity contribution >= 4 is 47.2 Å². The van der Waals surface area contributed by atoms with E-state index in [1.165, 1.54) is 0 Å². The normalized spacial score (nSPS) is 15.3. The van der Waals surface area contributed by atoms with E-state index in [0.29, 0.717) is 18.9 Å². The molecule has 0 saturated carbocycles. The van der Waals surface area contributed by atoms with Crippen LogP contribution in [0.15, 0.2) is 53.5 Å². The lowest BCUT2D eigenvalue weighted by atomic mass is 9.90. The maximum atomic E-state index is 11.9. The van der Waals surface area contributed by atoms with E-state index in [1.54, 1.807) is 19.2 Å². The molecule has 1 unspecified atom stereocenters. The van der Waals surface area contributed by atoms with Crippen LogP contribution in [-0.2, 0) is 11.2 Å². The first kappa shape index (κ1) is 24.6. The number of anilines is 1. The summed E-state index contributed by atoms with van der Waals surface area (Å²) in [7, 11) is 1.73. The summed E-state index contributed by atoms with van der Waals surface area (Å²) in [5.41, 5.74) is 3.24. The van der Waals surface area contributed by atoms with Gasteiger partial charge in [-0.05, 0) is 36.5 Å². The number of nitrogens with zero attached hydrogens (tertiary/aromatic N) is 2. The molecule has 1 aliphatic heterocycles. The van der Waals surface area contributed by atoms with Crippen molar-refractivity contribution < 1.29 is 9.72 Å². The van der Waals surface area contributed by atoms with Gasteiger partial charge in [-0.25, -0.2) is 0 Å². The van der Waals surface area contributed by atoms with Gasteiger partial charge in [0.2, 0.25) is 5.91 Å². The second kappa shape index (κ2) is 12.2. The van der Waals surface area contributed by atoms with E-state index in [2.05, 4.69) is 27.0 Å². The van der Waals surface area contributed by atoms with E-state index >= 15 is 0 Å². The lowest BCUT2D eigenvalue weighted by molar-refractivity contribution is -0.384. The highest BCUT2D eigenvalue weighted by atomic mass is 127. The Morgan fingerprint density at radius 1 is 1.16 bits per heavy atom. The Balaban J connectivity index is 0.00000341. The lowest BCUT2D eigenvalue weighted by Crippen LogP contribution is -2.41. The molecule has 1 amide bonds. The summed E-state index contributed by atoms with van der Waals surface area (Å²) >= 11 is 0. The van der Waals surface area contributed by atoms with Crippen LogP contribution < -0.4 is 16.0 Å². The zero-order chi connectivity index (χ0) is 21.3. The molecule has 3 N–H and O–H groups in total. The van der Waals surface area contributed by atoms with Gasteiger partial charge in [0.15, 0.2) is 5.96 Å². The number of hydrogen-bond acceptors (Lipinski definition) is 4. The first-order valence-electron chi connectivity index (χ1n) is 10.1. The second-order valence-electron chi connectivity index (χ2n) is 7.30. The van der Waals surface area contributed by atoms with Gasteiger partial charge in [0.25, 0.3) is 5.69 Å². The number of non-ortho nitro benzene ring substituents is 1. The Hall–Kier alpha value is -2.69. The molecule has 1 aliphatic rings. The first-order chi connectivity index (χ1) is 14.6. The number of halogens is 1. The number of nitro benzene ring substituents is 1. The van der Waals surface area contributed by atoms with Gasteiger partial charge in [-0.3, -0.25) is 19.9 Å². The van der Waals surface area contributed by atoms with Gasteiger partial charge in [-0.1, -0.05) is 30.3 Å². The minimum Gasteiger partial charge on any atom is -0.356 e. The molecular formula is C22H28IN5O3. The number of aryl methyl sites for hydroxylation is 1. The van der Waals surface area contributed by atoms with Crippen LogP contribution in [0.1, 0.15) is 36.3 Å². The third kappa shape index (κ3) is 7.20. The first-order valence-corrected chi connectivity index (χ1v) is 10.1. The summed E-state index contributed by atoms with van der Waals surface area (Å²) in [6, 6.07) is 14.6. The number of guanidine groups is 1. The van der Waals surface area contributed by atoms with Crippen molar-refractivity contribution in [1.82, 2.24) is 10.6 Å². The molecule has 0 bridgehead atoms. The van der Waals surface area contributed by atoms with Crippen molar-refractivity contribution in [2.75, 3.05) is 25.5 Å². The smallest absolute Gasteiger partial charge is 0.269 e. The highest BCUT2D eigenvalue weighted by molar-refractivity contribution is 14.0. The minimum atomic E-state index is -0.384. The van der Waals surface area contributed by atoms with Crippen LogP contribution in [0.2, 0.25) is 0 Å². The van der Waals surface area contributed by atoms with Gasteiger partial charge >= 0.3 is 0 Å². The third-order valence-electron chi connectivity index (χ3n) is 5.18. The molecule has 0 aliphatic carbocycles. The van der Waals surface area contributed by atoms with Crippen LogP contribution in [0.5, 0.6) is 0 Å². The van der Waals surface area contributed by atoms with Crippen molar-refractivity contribution in [1.29, 1.82) is 0 Å². The highest BCUT2D eigenvalue weighted by Gasteiger charge is 2.24. The SMILES string of the molecule is CN=C(NCCCCc1ccc([N+](=O)[O-])cc1)NCC1CC(=O)Nc2ccccc21.I. The van der Waals surface area contributed by atoms with Gasteiger partial charge < -0.3 is 16.0 Å². The molecule has 166 valence electrons. The number of carbonyl (C=O) groups is 1. The number of aliphatic imine (C=N–C) groups is 1. The van der Waals surface area contributed by atoms with Crippen molar-refractivity contribution in [2.24, 2.45) is 4.99 Å². The predicted molar refractivity (Wildman–Crippen MR) is 133 cm³/mol. The summed E-state index contributed by atoms with van der Waals surface area (Å²) in [5.74, 6) is 0.860. The van der Waals surface area contributed by atoms with Crippen LogP contribution in [0.3, 0.4) is 0 Å². The molecule has 0 saturated heterocycles. The predicted octanol–water partition coefficient (Wildman–Crippen LogP) is 3.83. The molecule has 31 heavy (non-hydrogen) atoms. The summed E-state index contributed by atoms with van der Waals surface area (Å²) in [4.78, 5) is 26.5. The van der Waals surface area contributed by atoms with Crippen molar-refractivity contribution in [2.45, 2.75) is 31.6 Å². The van der Waals surface area contributed by atoms with Crippen molar-refractivity contribution in [3.8, 4) is 0 Å². The fraction of sp³-hybridized carbons (Fsp3) is 0.364. The van der Waals surface area contributed by atoms with E-state index in [4.69, 9.17) is 0 Å². The number of para-hydroxylation sites is 1. The highest BCUT2D eigenvalue weighted by Crippen LogP contribution is 2.31. The zero-order valence-electron chi connectivity index (χ0n) is 17.5. The fourth-order valence-electron chi connectivity index (χ4n) is 3.57. The lowest BCUT2D eigenvalue weighted by Gasteiger charge is -2.26. The molecule has 8 nitrogen and oxygen atoms in total. The Labute approximate surface area is 199 Å². The summed E-state index contributed by atoms with van der Waals surface area (Å²) in [6.45, 7) is 1.40. The molecule has 0 radical (unpaired) electrons. The Morgan fingerprint density at radius 2 is 1.90 bits per heavy atom. The van der Waals surface area contributed by atoms with E-state index in [9.17, 15) is 14.9 Å². The summed E-state index contributed by atoms with van der Waals surface area (Å²) in [6.07, 6.45) is 3.25. The van der Waals surface area contributed by atoms with Crippen LogP contribution in [0.25, 0.3) is 0 Å². The van der Waals surface area contributed by atoms with Gasteiger partial charge in [-0.2, -0.15) is 0 Å². The maximum absolute atomic E-state index is 11.9. The van der Waals surface area contributed by atoms with E-state index < -0.39 is 0 Å². The standard InChI is InChI=1S/C22H27N5O3.HI/c1-23-22(24-13-5-4-6-16-9-11-18(12-10-16)27(29)30)25-15-17-14-21(28)26-20-8-3-2-7-19(17)20;/h2-3,7-12,17H,4-6,13-15H2,1H3,(H,26,28)(H2,23,24,25);1H. The Bertz CT molecular complexity index is 918. The number of fused-ring (bicyclic) bond motifs is 1. The summed E-state index contributed by atoms with van der Waals surface area (Å²) < 4.78 is 0. The maximum Gasteiger partial charge on any atom is 0.269 e. The van der Waals surface area contributed by atoms with Gasteiger partial charge in [0.1, 0.15) is 0 Å². The molecule has 1 atom stereocenters. The van der Waals surface area contributed by atoms with Crippen molar-refractivity contribution in [3.05, 3.63) is 69.8 Å². The molecule has 2 aromatic carbocycles. The van der Waals surface area contributed by atoms with E-state index in [1.807, 2.05) is 30.3 Å². The largest absolute Gasteiger partial charge is 0.356 e. The molecule has 3 rings (SSSR count). The quantitative estimate of drug-likeness (QED) is 0.119. The Kier molecular flexibility index (Phi) is 9.70. The number of unbranched alkanes of at least 4 members (excludes halogenated alkanes) is 1. The number of nitrogens with one attached hydrogen (secondary N) is 3. The molecule has 9 heteroatoms. The zero-order valence-corrected chi connectivity index (χ0v) is 19.8. The van der Waals surface area contributed by atoms with Crippen LogP contribution in [0, 0.1) is 10.1 Å². The molecular weight excluding hydrogens is 509 g/mol. The number of nitro groups is 1. The van der Waals surface area contributed by atoms with Gasteiger partial charge in [-0.15, -0.1) is 24.0 Å². The number of rotatable bonds is 8. The van der Waals surface area contributed by atoms with Crippen molar-refractivity contribution in [3.63, 3.8) is 0 Å². The van der Waals surface area contributed by atoms with Gasteiger partial charge in [0, 0.05) is 50.3 Å². The number of benzene rings is 2. The monoisotopic (exact) mass is 537 g/mol. The van der Waals surface area contributed by atoms with Crippen LogP contribution in [0.4, 0.5) is 11.4 Å². The molecule has 0 spiro atoms. The summed E-state index contributed by atoms with van der Waals surface area (Å²) in [5, 5.41) is 20.2. The number of hydrogen-bond donors (Lipinski definition) is 3. The topological polar surface area (TPSA) is 109 Å².